The standard InChI is InChI=1S/C11H24O2/c1-11(2,3)8-6-7-10(13-5)9-12-4/h10H,6-9H2,1-5H3. The summed E-state index contributed by atoms with van der Waals surface area (Å²) in [5, 5.41) is 0. The van der Waals surface area contributed by atoms with Crippen LogP contribution in [0.15, 0.2) is 0 Å². The molecule has 2 nitrogen and oxygen atoms in total. The van der Waals surface area contributed by atoms with E-state index in [1.165, 1.54) is 12.8 Å². The topological polar surface area (TPSA) is 18.5 Å². The highest BCUT2D eigenvalue weighted by molar-refractivity contribution is 4.64. The van der Waals surface area contributed by atoms with Crippen LogP contribution >= 0.6 is 0 Å². The van der Waals surface area contributed by atoms with Gasteiger partial charge in [-0.1, -0.05) is 27.2 Å². The van der Waals surface area contributed by atoms with Gasteiger partial charge >= 0.3 is 0 Å². The van der Waals surface area contributed by atoms with Gasteiger partial charge in [-0.15, -0.1) is 0 Å². The number of methoxy groups -OCH3 is 2. The van der Waals surface area contributed by atoms with E-state index in [4.69, 9.17) is 9.47 Å². The molecule has 1 unspecified atom stereocenters. The fraction of sp³-hybridized carbons (Fsp3) is 1.00. The third-order valence-corrected chi connectivity index (χ3v) is 2.14. The summed E-state index contributed by atoms with van der Waals surface area (Å²) in [6.45, 7) is 7.52. The Morgan fingerprint density at radius 3 is 2.15 bits per heavy atom. The van der Waals surface area contributed by atoms with E-state index in [0.29, 0.717) is 12.0 Å². The van der Waals surface area contributed by atoms with Crippen molar-refractivity contribution in [3.63, 3.8) is 0 Å². The van der Waals surface area contributed by atoms with Crippen molar-refractivity contribution >= 4 is 0 Å². The van der Waals surface area contributed by atoms with Gasteiger partial charge in [-0.05, 0) is 18.3 Å². The van der Waals surface area contributed by atoms with Crippen LogP contribution < -0.4 is 0 Å². The predicted molar refractivity (Wildman–Crippen MR) is 56.0 cm³/mol. The maximum Gasteiger partial charge on any atom is 0.0804 e. The van der Waals surface area contributed by atoms with Crippen molar-refractivity contribution in [3.8, 4) is 0 Å². The number of hydrogen-bond donors (Lipinski definition) is 0. The second-order valence-electron chi connectivity index (χ2n) is 4.77. The molecule has 1 atom stereocenters. The Labute approximate surface area is 82.6 Å². The van der Waals surface area contributed by atoms with Crippen molar-refractivity contribution in [3.05, 3.63) is 0 Å². The summed E-state index contributed by atoms with van der Waals surface area (Å²) in [7, 11) is 3.47. The van der Waals surface area contributed by atoms with Crippen molar-refractivity contribution in [2.24, 2.45) is 5.41 Å². The molecule has 0 radical (unpaired) electrons. The molecule has 0 bridgehead atoms. The minimum Gasteiger partial charge on any atom is -0.382 e. The second-order valence-corrected chi connectivity index (χ2v) is 4.77. The molecule has 0 saturated carbocycles. The highest BCUT2D eigenvalue weighted by Gasteiger charge is 2.12. The van der Waals surface area contributed by atoms with Gasteiger partial charge in [0.15, 0.2) is 0 Å². The lowest BCUT2D eigenvalue weighted by atomic mass is 9.89. The normalized spacial score (nSPS) is 14.5. The highest BCUT2D eigenvalue weighted by atomic mass is 16.5. The largest absolute Gasteiger partial charge is 0.382 e. The Hall–Kier alpha value is -0.0800. The average Bonchev–Trinajstić information content (AvgIpc) is 2.01. The molecule has 0 heterocycles. The van der Waals surface area contributed by atoms with Gasteiger partial charge in [0.1, 0.15) is 0 Å². The molecule has 0 aliphatic heterocycles. The zero-order valence-corrected chi connectivity index (χ0v) is 9.72. The van der Waals surface area contributed by atoms with Crippen LogP contribution in [0, 0.1) is 5.41 Å². The first-order valence-electron chi connectivity index (χ1n) is 5.01. The van der Waals surface area contributed by atoms with Crippen LogP contribution in [0.5, 0.6) is 0 Å². The minimum atomic E-state index is 0.271. The fourth-order valence-electron chi connectivity index (χ4n) is 1.32. The van der Waals surface area contributed by atoms with Crippen LogP contribution in [0.3, 0.4) is 0 Å². The van der Waals surface area contributed by atoms with Crippen LogP contribution in [0.1, 0.15) is 40.0 Å². The molecule has 0 aromatic rings. The molecule has 0 aliphatic rings. The lowest BCUT2D eigenvalue weighted by Crippen LogP contribution is -2.18. The molecule has 0 aliphatic carbocycles. The Morgan fingerprint density at radius 2 is 1.77 bits per heavy atom. The van der Waals surface area contributed by atoms with Crippen LogP contribution in [0.2, 0.25) is 0 Å². The molecule has 0 saturated heterocycles. The number of rotatable bonds is 6. The first-order valence-corrected chi connectivity index (χ1v) is 5.01. The Kier molecular flexibility index (Phi) is 6.35. The van der Waals surface area contributed by atoms with Gasteiger partial charge < -0.3 is 9.47 Å². The summed E-state index contributed by atoms with van der Waals surface area (Å²) in [6, 6.07) is 0. The van der Waals surface area contributed by atoms with Crippen LogP contribution in [-0.4, -0.2) is 26.9 Å². The lowest BCUT2D eigenvalue weighted by molar-refractivity contribution is 0.0208. The number of hydrogen-bond acceptors (Lipinski definition) is 2. The molecule has 0 fully saturated rings. The van der Waals surface area contributed by atoms with E-state index in [9.17, 15) is 0 Å². The second kappa shape index (κ2) is 6.39. The monoisotopic (exact) mass is 188 g/mol. The summed E-state index contributed by atoms with van der Waals surface area (Å²) in [4.78, 5) is 0. The van der Waals surface area contributed by atoms with E-state index < -0.39 is 0 Å². The first kappa shape index (κ1) is 12.9. The first-order chi connectivity index (χ1) is 5.99. The molecule has 0 spiro atoms. The third-order valence-electron chi connectivity index (χ3n) is 2.14. The van der Waals surface area contributed by atoms with Crippen molar-refractivity contribution in [2.75, 3.05) is 20.8 Å². The van der Waals surface area contributed by atoms with Crippen molar-refractivity contribution in [1.29, 1.82) is 0 Å². The zero-order valence-electron chi connectivity index (χ0n) is 9.72. The Balaban J connectivity index is 3.49. The molecule has 80 valence electrons. The predicted octanol–water partition coefficient (Wildman–Crippen LogP) is 2.86. The average molecular weight is 188 g/mol. The van der Waals surface area contributed by atoms with E-state index >= 15 is 0 Å². The number of ether oxygens (including phenoxy) is 2. The molecule has 2 heteroatoms. The third kappa shape index (κ3) is 8.26. The van der Waals surface area contributed by atoms with Gasteiger partial charge in [-0.2, -0.15) is 0 Å². The van der Waals surface area contributed by atoms with Gasteiger partial charge in [-0.3, -0.25) is 0 Å². The molecule has 0 amide bonds. The smallest absolute Gasteiger partial charge is 0.0804 e. The molecular weight excluding hydrogens is 164 g/mol. The summed E-state index contributed by atoms with van der Waals surface area (Å²) < 4.78 is 10.3. The summed E-state index contributed by atoms with van der Waals surface area (Å²) in [5.41, 5.74) is 0.436. The molecule has 0 N–H and O–H groups in total. The quantitative estimate of drug-likeness (QED) is 0.638. The fourth-order valence-corrected chi connectivity index (χ4v) is 1.32. The van der Waals surface area contributed by atoms with Crippen LogP contribution in [0.4, 0.5) is 0 Å². The summed E-state index contributed by atoms with van der Waals surface area (Å²) in [5.74, 6) is 0. The van der Waals surface area contributed by atoms with Crippen molar-refractivity contribution < 1.29 is 9.47 Å². The van der Waals surface area contributed by atoms with Crippen molar-refractivity contribution in [1.82, 2.24) is 0 Å². The maximum atomic E-state index is 5.28. The molecular formula is C11H24O2. The Bertz CT molecular complexity index is 116. The highest BCUT2D eigenvalue weighted by Crippen LogP contribution is 2.22. The summed E-state index contributed by atoms with van der Waals surface area (Å²) >= 11 is 0. The van der Waals surface area contributed by atoms with E-state index in [-0.39, 0.29) is 6.10 Å². The van der Waals surface area contributed by atoms with Crippen LogP contribution in [0.25, 0.3) is 0 Å². The van der Waals surface area contributed by atoms with E-state index in [2.05, 4.69) is 20.8 Å². The maximum absolute atomic E-state index is 5.28. The van der Waals surface area contributed by atoms with E-state index in [1.54, 1.807) is 14.2 Å². The zero-order chi connectivity index (χ0) is 10.3. The SMILES string of the molecule is COCC(CCCC(C)(C)C)OC. The van der Waals surface area contributed by atoms with Gasteiger partial charge in [0.2, 0.25) is 0 Å². The minimum absolute atomic E-state index is 0.271. The van der Waals surface area contributed by atoms with Gasteiger partial charge in [-0.25, -0.2) is 0 Å². The van der Waals surface area contributed by atoms with E-state index in [0.717, 1.165) is 6.42 Å². The van der Waals surface area contributed by atoms with E-state index in [1.807, 2.05) is 0 Å². The summed E-state index contributed by atoms with van der Waals surface area (Å²) in [6.07, 6.45) is 3.83. The molecule has 0 rings (SSSR count). The Morgan fingerprint density at radius 1 is 1.15 bits per heavy atom. The van der Waals surface area contributed by atoms with Crippen LogP contribution in [-0.2, 0) is 9.47 Å². The molecule has 0 aromatic heterocycles. The van der Waals surface area contributed by atoms with Gasteiger partial charge in [0, 0.05) is 14.2 Å². The van der Waals surface area contributed by atoms with Gasteiger partial charge in [0.25, 0.3) is 0 Å². The van der Waals surface area contributed by atoms with Gasteiger partial charge in [0.05, 0.1) is 12.7 Å². The molecule has 13 heavy (non-hydrogen) atoms. The lowest BCUT2D eigenvalue weighted by Gasteiger charge is -2.20. The van der Waals surface area contributed by atoms with Crippen molar-refractivity contribution in [2.45, 2.75) is 46.1 Å². The molecule has 0 aromatic carbocycles.